The van der Waals surface area contributed by atoms with E-state index in [0.717, 1.165) is 25.7 Å². The summed E-state index contributed by atoms with van der Waals surface area (Å²) in [6.07, 6.45) is 45.5. The second kappa shape index (κ2) is 40.0. The molecule has 0 radical (unpaired) electrons. The van der Waals surface area contributed by atoms with Gasteiger partial charge in [-0.3, -0.25) is 23.4 Å². The molecule has 0 aromatic heterocycles. The minimum atomic E-state index is -4.76. The fraction of sp³-hybridized carbons (Fsp3) is 0.630. The van der Waals surface area contributed by atoms with Gasteiger partial charge in [-0.2, -0.15) is 0 Å². The lowest BCUT2D eigenvalue weighted by Crippen LogP contribution is -2.34. The number of carboxylic acids is 1. The van der Waals surface area contributed by atoms with E-state index in [2.05, 4.69) is 48.8 Å². The average molecular weight is 850 g/mol. The standard InChI is InChI=1S/C46H76NO11P/c1-3-5-7-9-11-12-13-14-15-16-17-18-19-20-25-29-33-37-45(50)58-42(39-56-59(53,54)57-40-43(47)46(51)52)38-55-44(49)36-32-28-24-22-21-23-27-31-35-41(48)34-30-26-10-8-6-4-2/h14-15,17-18,20,22-27,30-31,35,41-43,48H,3-13,16,19,21,28-29,32-34,36-40,47H2,1-2H3,(H,51,52)(H,53,54)/b15-14-,18-17-,24-22-,25-20-,27-23-,30-26-,35-31+/t41-,42-,43+/m1/s1. The van der Waals surface area contributed by atoms with Gasteiger partial charge in [0.1, 0.15) is 12.6 Å². The predicted molar refractivity (Wildman–Crippen MR) is 236 cm³/mol. The highest BCUT2D eigenvalue weighted by Gasteiger charge is 2.28. The molecule has 13 heteroatoms. The molecule has 0 amide bonds. The number of esters is 2. The minimum absolute atomic E-state index is 0.0609. The van der Waals surface area contributed by atoms with Gasteiger partial charge in [-0.1, -0.05) is 144 Å². The van der Waals surface area contributed by atoms with Gasteiger partial charge in [0.05, 0.1) is 19.3 Å². The Morgan fingerprint density at radius 2 is 1.10 bits per heavy atom. The Morgan fingerprint density at radius 1 is 0.610 bits per heavy atom. The summed E-state index contributed by atoms with van der Waals surface area (Å²) in [5.41, 5.74) is 5.32. The van der Waals surface area contributed by atoms with Crippen molar-refractivity contribution in [2.24, 2.45) is 5.73 Å². The number of aliphatic carboxylic acids is 1. The molecule has 12 nitrogen and oxygen atoms in total. The fourth-order valence-corrected chi connectivity index (χ4v) is 5.99. The van der Waals surface area contributed by atoms with Crippen LogP contribution in [0.15, 0.2) is 85.1 Å². The summed E-state index contributed by atoms with van der Waals surface area (Å²) in [7, 11) is -4.76. The van der Waals surface area contributed by atoms with Crippen LogP contribution < -0.4 is 5.73 Å². The molecule has 0 fully saturated rings. The van der Waals surface area contributed by atoms with Crippen LogP contribution in [-0.2, 0) is 37.5 Å². The summed E-state index contributed by atoms with van der Waals surface area (Å²) in [5.74, 6) is -2.58. The van der Waals surface area contributed by atoms with Crippen LogP contribution in [0.25, 0.3) is 0 Å². The third kappa shape index (κ3) is 39.8. The summed E-state index contributed by atoms with van der Waals surface area (Å²) in [4.78, 5) is 45.9. The molecular weight excluding hydrogens is 773 g/mol. The van der Waals surface area contributed by atoms with E-state index in [4.69, 9.17) is 24.8 Å². The van der Waals surface area contributed by atoms with E-state index in [9.17, 15) is 28.9 Å². The number of unbranched alkanes of at least 4 members (excludes halogenated alkanes) is 11. The Balaban J connectivity index is 4.62. The third-order valence-electron chi connectivity index (χ3n) is 8.70. The van der Waals surface area contributed by atoms with Gasteiger partial charge in [-0.05, 0) is 77.0 Å². The van der Waals surface area contributed by atoms with Crippen molar-refractivity contribution in [2.45, 2.75) is 167 Å². The highest BCUT2D eigenvalue weighted by molar-refractivity contribution is 7.47. The van der Waals surface area contributed by atoms with E-state index in [-0.39, 0.29) is 12.8 Å². The lowest BCUT2D eigenvalue weighted by Gasteiger charge is -2.20. The molecule has 0 heterocycles. The number of hydrogen-bond donors (Lipinski definition) is 4. The van der Waals surface area contributed by atoms with Gasteiger partial charge in [-0.15, -0.1) is 0 Å². The van der Waals surface area contributed by atoms with Gasteiger partial charge in [-0.25, -0.2) is 4.57 Å². The summed E-state index contributed by atoms with van der Waals surface area (Å²) >= 11 is 0. The number of hydrogen-bond acceptors (Lipinski definition) is 10. The predicted octanol–water partition coefficient (Wildman–Crippen LogP) is 10.5. The first-order valence-corrected chi connectivity index (χ1v) is 23.2. The van der Waals surface area contributed by atoms with E-state index in [0.29, 0.717) is 38.5 Å². The zero-order valence-corrected chi connectivity index (χ0v) is 36.8. The smallest absolute Gasteiger partial charge is 0.472 e. The number of allylic oxidation sites excluding steroid dienone is 12. The van der Waals surface area contributed by atoms with Crippen molar-refractivity contribution in [3.8, 4) is 0 Å². The maximum Gasteiger partial charge on any atom is 0.472 e. The number of carbonyl (C=O) groups excluding carboxylic acids is 2. The minimum Gasteiger partial charge on any atom is -0.480 e. The van der Waals surface area contributed by atoms with Crippen LogP contribution >= 0.6 is 7.82 Å². The van der Waals surface area contributed by atoms with Crippen molar-refractivity contribution in [1.29, 1.82) is 0 Å². The summed E-state index contributed by atoms with van der Waals surface area (Å²) in [5, 5.41) is 18.9. The fourth-order valence-electron chi connectivity index (χ4n) is 5.21. The Kier molecular flexibility index (Phi) is 37.8. The van der Waals surface area contributed by atoms with E-state index in [1.165, 1.54) is 57.8 Å². The van der Waals surface area contributed by atoms with E-state index < -0.39 is 63.8 Å². The first-order chi connectivity index (χ1) is 28.5. The molecule has 0 aliphatic heterocycles. The maximum atomic E-state index is 12.6. The third-order valence-corrected chi connectivity index (χ3v) is 9.65. The molecule has 0 saturated carbocycles. The van der Waals surface area contributed by atoms with Crippen LogP contribution in [0.4, 0.5) is 0 Å². The number of aliphatic hydroxyl groups excluding tert-OH is 1. The van der Waals surface area contributed by atoms with Crippen molar-refractivity contribution in [2.75, 3.05) is 19.8 Å². The zero-order valence-electron chi connectivity index (χ0n) is 35.9. The lowest BCUT2D eigenvalue weighted by atomic mass is 10.1. The number of aliphatic hydroxyl groups is 1. The number of ether oxygens (including phenoxy) is 2. The van der Waals surface area contributed by atoms with Gasteiger partial charge >= 0.3 is 25.7 Å². The number of carboxylic acid groups (broad SMARTS) is 1. The molecule has 0 aromatic rings. The lowest BCUT2D eigenvalue weighted by molar-refractivity contribution is -0.161. The zero-order chi connectivity index (χ0) is 43.7. The van der Waals surface area contributed by atoms with Crippen LogP contribution in [0.1, 0.15) is 149 Å². The van der Waals surface area contributed by atoms with Gasteiger partial charge in [0, 0.05) is 12.8 Å². The summed E-state index contributed by atoms with van der Waals surface area (Å²) < 4.78 is 32.5. The molecular formula is C46H76NO11P. The Labute approximate surface area is 355 Å². The Morgan fingerprint density at radius 3 is 1.73 bits per heavy atom. The molecule has 0 bridgehead atoms. The summed E-state index contributed by atoms with van der Waals surface area (Å²) in [6.45, 7) is 2.56. The second-order valence-corrected chi connectivity index (χ2v) is 15.8. The van der Waals surface area contributed by atoms with Crippen LogP contribution in [0.5, 0.6) is 0 Å². The van der Waals surface area contributed by atoms with Crippen LogP contribution in [0.2, 0.25) is 0 Å². The molecule has 1 unspecified atom stereocenters. The number of phosphoric ester groups is 1. The van der Waals surface area contributed by atoms with Crippen molar-refractivity contribution in [3.63, 3.8) is 0 Å². The van der Waals surface area contributed by atoms with Crippen molar-refractivity contribution in [1.82, 2.24) is 0 Å². The quantitative estimate of drug-likeness (QED) is 0.0151. The second-order valence-electron chi connectivity index (χ2n) is 14.3. The largest absolute Gasteiger partial charge is 0.480 e. The molecule has 4 atom stereocenters. The molecule has 0 aliphatic rings. The Hall–Kier alpha value is -3.38. The topological polar surface area (TPSA) is 192 Å². The molecule has 0 aliphatic carbocycles. The van der Waals surface area contributed by atoms with Gasteiger partial charge < -0.3 is 30.3 Å². The van der Waals surface area contributed by atoms with Gasteiger partial charge in [0.15, 0.2) is 6.10 Å². The molecule has 0 saturated heterocycles. The van der Waals surface area contributed by atoms with Crippen LogP contribution in [-0.4, -0.2) is 71.1 Å². The number of nitrogens with two attached hydrogens (primary N) is 1. The number of phosphoric acid groups is 1. The van der Waals surface area contributed by atoms with Gasteiger partial charge in [0.2, 0.25) is 0 Å². The molecule has 336 valence electrons. The first kappa shape index (κ1) is 55.6. The van der Waals surface area contributed by atoms with Crippen LogP contribution in [0.3, 0.4) is 0 Å². The average Bonchev–Trinajstić information content (AvgIpc) is 3.21. The van der Waals surface area contributed by atoms with Crippen LogP contribution in [0, 0.1) is 0 Å². The molecule has 59 heavy (non-hydrogen) atoms. The van der Waals surface area contributed by atoms with Crippen molar-refractivity contribution < 1.29 is 52.6 Å². The van der Waals surface area contributed by atoms with Crippen molar-refractivity contribution >= 4 is 25.7 Å². The highest BCUT2D eigenvalue weighted by Crippen LogP contribution is 2.43. The normalized spacial score (nSPS) is 15.1. The Bertz CT molecular complexity index is 1340. The monoisotopic (exact) mass is 850 g/mol. The highest BCUT2D eigenvalue weighted by atomic mass is 31.2. The van der Waals surface area contributed by atoms with Gasteiger partial charge in [0.25, 0.3) is 0 Å². The molecule has 0 aromatic carbocycles. The molecule has 5 N–H and O–H groups in total. The maximum absolute atomic E-state index is 12.6. The van der Waals surface area contributed by atoms with Crippen molar-refractivity contribution in [3.05, 3.63) is 85.1 Å². The summed E-state index contributed by atoms with van der Waals surface area (Å²) in [6, 6.07) is -1.55. The number of carbonyl (C=O) groups is 3. The van der Waals surface area contributed by atoms with E-state index in [1.54, 1.807) is 6.08 Å². The first-order valence-electron chi connectivity index (χ1n) is 21.7. The number of rotatable bonds is 39. The van der Waals surface area contributed by atoms with E-state index >= 15 is 0 Å². The SMILES string of the molecule is CCCCC/C=C\C[C@@H](O)/C=C/C=C\C/C=C\CCCC(=O)OC[C@H](COP(=O)(O)OC[C@H](N)C(=O)O)OC(=O)CCC/C=C\C/C=C\C/C=C\CCCCCCCC. The van der Waals surface area contributed by atoms with E-state index in [1.807, 2.05) is 48.6 Å². The molecule has 0 spiro atoms. The molecule has 0 rings (SSSR count).